The van der Waals surface area contributed by atoms with Crippen LogP contribution in [0.1, 0.15) is 23.0 Å². The molecule has 2 atom stereocenters. The van der Waals surface area contributed by atoms with Crippen LogP contribution in [0.15, 0.2) is 27.2 Å². The number of pyridine rings is 1. The van der Waals surface area contributed by atoms with Crippen LogP contribution in [-0.4, -0.2) is 84.8 Å². The molecule has 0 spiro atoms. The number of rotatable bonds is 6. The summed E-state index contributed by atoms with van der Waals surface area (Å²) in [6, 6.07) is -0.215. The molecule has 4 amide bonds. The van der Waals surface area contributed by atoms with Gasteiger partial charge in [-0.15, -0.1) is 11.3 Å². The van der Waals surface area contributed by atoms with Gasteiger partial charge in [0.05, 0.1) is 12.9 Å². The Hall–Kier alpha value is -4.41. The number of halogens is 3. The fraction of sp³-hybridized carbons (Fsp3) is 0.364. The topological polar surface area (TPSA) is 150 Å². The van der Waals surface area contributed by atoms with Crippen LogP contribution in [0.2, 0.25) is 0 Å². The highest BCUT2D eigenvalue weighted by Gasteiger charge is 2.50. The number of aliphatic imine (C=N–C) groups is 1. The molecule has 0 bridgehead atoms. The highest BCUT2D eigenvalue weighted by atomic mass is 32.1. The standard InChI is InChI=1S/C22H20F3N9O4S/c1-10-4-12(5-26-17(10)22(23,24)25)19-30-13(8-39-19)29-14(35)6-33-9-27-18-16(33)20(36)34(21(37)32(18)3)7-15-28-11(2)31-38-15/h4-5,8-9,16,18H,6-7H2,1-3H3,(H,29,35). The van der Waals surface area contributed by atoms with Gasteiger partial charge in [-0.3, -0.25) is 19.5 Å². The van der Waals surface area contributed by atoms with E-state index in [-0.39, 0.29) is 30.4 Å². The van der Waals surface area contributed by atoms with Crippen molar-refractivity contribution in [3.8, 4) is 10.6 Å². The lowest BCUT2D eigenvalue weighted by molar-refractivity contribution is -0.141. The Morgan fingerprint density at radius 3 is 2.67 bits per heavy atom. The number of amides is 4. The first-order chi connectivity index (χ1) is 18.4. The molecule has 13 nitrogen and oxygen atoms in total. The highest BCUT2D eigenvalue weighted by Crippen LogP contribution is 2.33. The van der Waals surface area contributed by atoms with Crippen molar-refractivity contribution in [3.63, 3.8) is 0 Å². The summed E-state index contributed by atoms with van der Waals surface area (Å²) in [7, 11) is 1.49. The molecule has 2 unspecified atom stereocenters. The maximum absolute atomic E-state index is 13.2. The van der Waals surface area contributed by atoms with Crippen LogP contribution in [-0.2, 0) is 22.3 Å². The van der Waals surface area contributed by atoms with E-state index in [1.807, 2.05) is 0 Å². The Bertz CT molecular complexity index is 1490. The van der Waals surface area contributed by atoms with Gasteiger partial charge < -0.3 is 19.6 Å². The van der Waals surface area contributed by atoms with E-state index < -0.39 is 41.9 Å². The fourth-order valence-electron chi connectivity index (χ4n) is 4.24. The van der Waals surface area contributed by atoms with E-state index in [2.05, 4.69) is 30.4 Å². The third-order valence-electron chi connectivity index (χ3n) is 6.01. The SMILES string of the molecule is Cc1noc(CN2C(=O)C3C(N=CN3CC(=O)Nc3csc(-c4cnc(C(F)(F)F)c(C)c4)n3)N(C)C2=O)n1. The van der Waals surface area contributed by atoms with Gasteiger partial charge in [-0.1, -0.05) is 5.16 Å². The van der Waals surface area contributed by atoms with Crippen LogP contribution in [0.4, 0.5) is 23.8 Å². The maximum atomic E-state index is 13.2. The van der Waals surface area contributed by atoms with Crippen molar-refractivity contribution in [1.82, 2.24) is 34.8 Å². The summed E-state index contributed by atoms with van der Waals surface area (Å²) in [5.41, 5.74) is -0.651. The number of nitrogens with zero attached hydrogens (tertiary/aromatic N) is 8. The van der Waals surface area contributed by atoms with Crippen molar-refractivity contribution in [2.45, 2.75) is 38.8 Å². The number of aryl methyl sites for hydroxylation is 2. The van der Waals surface area contributed by atoms with E-state index in [4.69, 9.17) is 4.52 Å². The number of carbonyl (C=O) groups excluding carboxylic acids is 3. The normalized spacial score (nSPS) is 19.2. The van der Waals surface area contributed by atoms with Gasteiger partial charge in [-0.2, -0.15) is 18.2 Å². The van der Waals surface area contributed by atoms with Crippen LogP contribution in [0.3, 0.4) is 0 Å². The Morgan fingerprint density at radius 2 is 2.00 bits per heavy atom. The van der Waals surface area contributed by atoms with E-state index in [1.165, 1.54) is 41.6 Å². The number of hydrogen-bond donors (Lipinski definition) is 1. The molecule has 1 saturated heterocycles. The van der Waals surface area contributed by atoms with Crippen molar-refractivity contribution < 1.29 is 32.1 Å². The quantitative estimate of drug-likeness (QED) is 0.477. The molecular formula is C22H20F3N9O4S. The number of likely N-dealkylation sites (N-methyl/N-ethyl adjacent to an activating group) is 1. The molecular weight excluding hydrogens is 543 g/mol. The van der Waals surface area contributed by atoms with Crippen molar-refractivity contribution in [2.24, 2.45) is 4.99 Å². The second-order valence-corrected chi connectivity index (χ2v) is 9.68. The number of hydrogen-bond acceptors (Lipinski definition) is 11. The van der Waals surface area contributed by atoms with Crippen molar-refractivity contribution in [2.75, 3.05) is 18.9 Å². The third kappa shape index (κ3) is 5.04. The Morgan fingerprint density at radius 1 is 1.23 bits per heavy atom. The molecule has 5 heterocycles. The summed E-state index contributed by atoms with van der Waals surface area (Å²) in [6.07, 6.45) is -2.97. The predicted molar refractivity (Wildman–Crippen MR) is 129 cm³/mol. The number of carbonyl (C=O) groups is 3. The second-order valence-electron chi connectivity index (χ2n) is 8.82. The zero-order valence-electron chi connectivity index (χ0n) is 20.6. The molecule has 0 radical (unpaired) electrons. The summed E-state index contributed by atoms with van der Waals surface area (Å²) in [5.74, 6) is -0.481. The van der Waals surface area contributed by atoms with E-state index >= 15 is 0 Å². The number of thiazole rings is 1. The van der Waals surface area contributed by atoms with E-state index in [0.29, 0.717) is 16.4 Å². The van der Waals surface area contributed by atoms with Gasteiger partial charge in [0, 0.05) is 24.2 Å². The summed E-state index contributed by atoms with van der Waals surface area (Å²) in [5, 5.41) is 8.17. The fourth-order valence-corrected chi connectivity index (χ4v) is 4.98. The molecule has 1 N–H and O–H groups in total. The molecule has 5 rings (SSSR count). The number of nitrogens with one attached hydrogen (secondary N) is 1. The van der Waals surface area contributed by atoms with Crippen LogP contribution in [0.25, 0.3) is 10.6 Å². The number of imide groups is 1. The number of alkyl halides is 3. The van der Waals surface area contributed by atoms with E-state index in [1.54, 1.807) is 6.92 Å². The molecule has 1 fully saturated rings. The molecule has 0 aromatic carbocycles. The first kappa shape index (κ1) is 26.2. The van der Waals surface area contributed by atoms with Gasteiger partial charge >= 0.3 is 12.2 Å². The Balaban J connectivity index is 1.26. The van der Waals surface area contributed by atoms with Crippen LogP contribution in [0.5, 0.6) is 0 Å². The highest BCUT2D eigenvalue weighted by molar-refractivity contribution is 7.13. The van der Waals surface area contributed by atoms with Crippen molar-refractivity contribution >= 4 is 41.3 Å². The Kier molecular flexibility index (Phi) is 6.53. The van der Waals surface area contributed by atoms with Gasteiger partial charge in [0.1, 0.15) is 23.1 Å². The molecule has 3 aromatic heterocycles. The average Bonchev–Trinajstić information content (AvgIpc) is 3.60. The average molecular weight is 564 g/mol. The van der Waals surface area contributed by atoms with Crippen molar-refractivity contribution in [1.29, 1.82) is 0 Å². The number of fused-ring (bicyclic) bond motifs is 1. The lowest BCUT2D eigenvalue weighted by Crippen LogP contribution is -2.64. The maximum Gasteiger partial charge on any atom is 0.433 e. The van der Waals surface area contributed by atoms with Crippen LogP contribution in [0, 0.1) is 13.8 Å². The molecule has 17 heteroatoms. The Labute approximate surface area is 222 Å². The van der Waals surface area contributed by atoms with Gasteiger partial charge in [0.15, 0.2) is 18.0 Å². The molecule has 3 aromatic rings. The molecule has 204 valence electrons. The van der Waals surface area contributed by atoms with E-state index in [0.717, 1.165) is 22.4 Å². The van der Waals surface area contributed by atoms with Gasteiger partial charge in [-0.05, 0) is 25.5 Å². The van der Waals surface area contributed by atoms with Crippen LogP contribution < -0.4 is 5.32 Å². The minimum absolute atomic E-state index is 0.0486. The summed E-state index contributed by atoms with van der Waals surface area (Å²) >= 11 is 1.12. The second kappa shape index (κ2) is 9.72. The third-order valence-corrected chi connectivity index (χ3v) is 6.90. The summed E-state index contributed by atoms with van der Waals surface area (Å²) in [6.45, 7) is 2.40. The lowest BCUT2D eigenvalue weighted by atomic mass is 10.1. The smallest absolute Gasteiger partial charge is 0.338 e. The number of aromatic nitrogens is 4. The minimum Gasteiger partial charge on any atom is -0.338 e. The first-order valence-corrected chi connectivity index (χ1v) is 12.3. The molecule has 0 saturated carbocycles. The van der Waals surface area contributed by atoms with Crippen LogP contribution >= 0.6 is 11.3 Å². The number of anilines is 1. The zero-order valence-corrected chi connectivity index (χ0v) is 21.4. The van der Waals surface area contributed by atoms with Gasteiger partial charge in [-0.25, -0.2) is 14.8 Å². The minimum atomic E-state index is -4.56. The molecule has 2 aliphatic heterocycles. The summed E-state index contributed by atoms with van der Waals surface area (Å²) < 4.78 is 44.0. The van der Waals surface area contributed by atoms with Crippen molar-refractivity contribution in [3.05, 3.63) is 40.6 Å². The number of urea groups is 1. The predicted octanol–water partition coefficient (Wildman–Crippen LogP) is 2.30. The lowest BCUT2D eigenvalue weighted by Gasteiger charge is -2.40. The molecule has 2 aliphatic rings. The largest absolute Gasteiger partial charge is 0.433 e. The first-order valence-electron chi connectivity index (χ1n) is 11.4. The van der Waals surface area contributed by atoms with Gasteiger partial charge in [0.25, 0.3) is 5.91 Å². The van der Waals surface area contributed by atoms with Gasteiger partial charge in [0.2, 0.25) is 11.8 Å². The zero-order chi connectivity index (χ0) is 28.1. The molecule has 39 heavy (non-hydrogen) atoms. The monoisotopic (exact) mass is 563 g/mol. The molecule has 0 aliphatic carbocycles. The van der Waals surface area contributed by atoms with E-state index in [9.17, 15) is 27.6 Å². The summed E-state index contributed by atoms with van der Waals surface area (Å²) in [4.78, 5) is 58.5.